The fourth-order valence-electron chi connectivity index (χ4n) is 1.28. The van der Waals surface area contributed by atoms with Gasteiger partial charge in [-0.15, -0.1) is 12.4 Å². The first-order valence-electron chi connectivity index (χ1n) is 6.09. The standard InChI is InChI=1S/C13H19BrN2O2S.ClH/c1-10(15)13(17)16-5-7-19-8-6-18-12-4-2-3-11(14)9-12;/h2-4,9-10H,5-8,15H2,1H3,(H,16,17);1H/t10-;/m1./s1. The molecule has 0 unspecified atom stereocenters. The number of nitrogens with two attached hydrogens (primary N) is 1. The summed E-state index contributed by atoms with van der Waals surface area (Å²) in [5.41, 5.74) is 5.43. The third-order valence-electron chi connectivity index (χ3n) is 2.25. The fraction of sp³-hybridized carbons (Fsp3) is 0.462. The van der Waals surface area contributed by atoms with E-state index in [1.807, 2.05) is 24.3 Å². The highest BCUT2D eigenvalue weighted by molar-refractivity contribution is 9.10. The normalized spacial score (nSPS) is 11.3. The van der Waals surface area contributed by atoms with E-state index in [-0.39, 0.29) is 18.3 Å². The Labute approximate surface area is 138 Å². The van der Waals surface area contributed by atoms with Gasteiger partial charge in [-0.25, -0.2) is 0 Å². The lowest BCUT2D eigenvalue weighted by molar-refractivity contribution is -0.121. The first kappa shape index (κ1) is 19.6. The van der Waals surface area contributed by atoms with Crippen molar-refractivity contribution >= 4 is 46.0 Å². The molecule has 1 aromatic carbocycles. The quantitative estimate of drug-likeness (QED) is 0.677. The van der Waals surface area contributed by atoms with Crippen LogP contribution >= 0.6 is 40.1 Å². The van der Waals surface area contributed by atoms with Crippen LogP contribution in [-0.2, 0) is 4.79 Å². The predicted molar refractivity (Wildman–Crippen MR) is 90.9 cm³/mol. The molecule has 1 amide bonds. The number of carbonyl (C=O) groups excluding carboxylic acids is 1. The molecule has 0 saturated heterocycles. The molecule has 20 heavy (non-hydrogen) atoms. The minimum Gasteiger partial charge on any atom is -0.493 e. The molecule has 0 heterocycles. The van der Waals surface area contributed by atoms with E-state index in [4.69, 9.17) is 10.5 Å². The van der Waals surface area contributed by atoms with Gasteiger partial charge in [-0.05, 0) is 25.1 Å². The second kappa shape index (κ2) is 11.3. The molecule has 0 aliphatic rings. The molecule has 0 radical (unpaired) electrons. The van der Waals surface area contributed by atoms with E-state index in [2.05, 4.69) is 21.2 Å². The zero-order chi connectivity index (χ0) is 14.1. The summed E-state index contributed by atoms with van der Waals surface area (Å²) in [6, 6.07) is 7.33. The summed E-state index contributed by atoms with van der Waals surface area (Å²) in [5, 5.41) is 2.77. The smallest absolute Gasteiger partial charge is 0.236 e. The molecule has 4 nitrogen and oxygen atoms in total. The predicted octanol–water partition coefficient (Wildman–Crippen LogP) is 2.45. The second-order valence-electron chi connectivity index (χ2n) is 4.00. The van der Waals surface area contributed by atoms with Crippen LogP contribution in [0.5, 0.6) is 5.75 Å². The van der Waals surface area contributed by atoms with Crippen LogP contribution in [0.15, 0.2) is 28.7 Å². The summed E-state index contributed by atoms with van der Waals surface area (Å²) in [6.45, 7) is 2.97. The lowest BCUT2D eigenvalue weighted by Crippen LogP contribution is -2.39. The second-order valence-corrected chi connectivity index (χ2v) is 6.14. The largest absolute Gasteiger partial charge is 0.493 e. The number of carbonyl (C=O) groups is 1. The van der Waals surface area contributed by atoms with Gasteiger partial charge in [0, 0.05) is 22.5 Å². The first-order chi connectivity index (χ1) is 9.09. The van der Waals surface area contributed by atoms with Gasteiger partial charge in [0.1, 0.15) is 5.75 Å². The van der Waals surface area contributed by atoms with Gasteiger partial charge in [0.15, 0.2) is 0 Å². The van der Waals surface area contributed by atoms with E-state index in [1.165, 1.54) is 0 Å². The lowest BCUT2D eigenvalue weighted by atomic mass is 10.3. The van der Waals surface area contributed by atoms with Gasteiger partial charge in [-0.3, -0.25) is 4.79 Å². The van der Waals surface area contributed by atoms with Crippen molar-refractivity contribution in [1.82, 2.24) is 5.32 Å². The van der Waals surface area contributed by atoms with Gasteiger partial charge in [-0.2, -0.15) is 11.8 Å². The Morgan fingerprint density at radius 3 is 2.90 bits per heavy atom. The Kier molecular flexibility index (Phi) is 11.0. The minimum atomic E-state index is -0.440. The highest BCUT2D eigenvalue weighted by atomic mass is 79.9. The summed E-state index contributed by atoms with van der Waals surface area (Å²) in [4.78, 5) is 11.2. The Hall–Kier alpha value is -0.430. The molecule has 114 valence electrons. The highest BCUT2D eigenvalue weighted by Gasteiger charge is 2.04. The van der Waals surface area contributed by atoms with E-state index in [9.17, 15) is 4.79 Å². The molecule has 0 bridgehead atoms. The van der Waals surface area contributed by atoms with Crippen LogP contribution in [0.1, 0.15) is 6.92 Å². The van der Waals surface area contributed by atoms with E-state index in [0.29, 0.717) is 13.2 Å². The SMILES string of the molecule is C[C@@H](N)C(=O)NCCSCCOc1cccc(Br)c1.Cl. The summed E-state index contributed by atoms with van der Waals surface area (Å²) in [7, 11) is 0. The number of amides is 1. The van der Waals surface area contributed by atoms with Gasteiger partial charge < -0.3 is 15.8 Å². The van der Waals surface area contributed by atoms with Crippen molar-refractivity contribution in [3.63, 3.8) is 0 Å². The van der Waals surface area contributed by atoms with Crippen LogP contribution in [-0.4, -0.2) is 36.6 Å². The van der Waals surface area contributed by atoms with Crippen molar-refractivity contribution in [2.75, 3.05) is 24.7 Å². The Bertz CT molecular complexity index is 408. The number of thioether (sulfide) groups is 1. The van der Waals surface area contributed by atoms with E-state index in [0.717, 1.165) is 21.7 Å². The van der Waals surface area contributed by atoms with Crippen molar-refractivity contribution in [3.8, 4) is 5.75 Å². The monoisotopic (exact) mass is 382 g/mol. The van der Waals surface area contributed by atoms with Crippen molar-refractivity contribution in [1.29, 1.82) is 0 Å². The van der Waals surface area contributed by atoms with Gasteiger partial charge in [0.05, 0.1) is 12.6 Å². The summed E-state index contributed by atoms with van der Waals surface area (Å²) in [5.74, 6) is 2.51. The van der Waals surface area contributed by atoms with Crippen LogP contribution in [0.2, 0.25) is 0 Å². The minimum absolute atomic E-state index is 0. The third kappa shape index (κ3) is 8.68. The first-order valence-corrected chi connectivity index (χ1v) is 8.04. The van der Waals surface area contributed by atoms with Gasteiger partial charge >= 0.3 is 0 Å². The molecule has 1 aromatic rings. The van der Waals surface area contributed by atoms with Crippen molar-refractivity contribution in [2.45, 2.75) is 13.0 Å². The molecule has 0 aliphatic carbocycles. The lowest BCUT2D eigenvalue weighted by Gasteiger charge is -2.08. The zero-order valence-electron chi connectivity index (χ0n) is 11.3. The summed E-state index contributed by atoms with van der Waals surface area (Å²) in [6.07, 6.45) is 0. The Morgan fingerprint density at radius 1 is 1.50 bits per heavy atom. The number of hydrogen-bond acceptors (Lipinski definition) is 4. The molecule has 0 spiro atoms. The molecule has 1 rings (SSSR count). The summed E-state index contributed by atoms with van der Waals surface area (Å²) < 4.78 is 6.60. The number of halogens is 2. The number of rotatable bonds is 8. The summed E-state index contributed by atoms with van der Waals surface area (Å²) >= 11 is 5.13. The van der Waals surface area contributed by atoms with Crippen molar-refractivity contribution < 1.29 is 9.53 Å². The van der Waals surface area contributed by atoms with Gasteiger partial charge in [0.25, 0.3) is 0 Å². The molecular weight excluding hydrogens is 364 g/mol. The van der Waals surface area contributed by atoms with Crippen molar-refractivity contribution in [3.05, 3.63) is 28.7 Å². The maximum Gasteiger partial charge on any atom is 0.236 e. The van der Waals surface area contributed by atoms with E-state index >= 15 is 0 Å². The van der Waals surface area contributed by atoms with Crippen LogP contribution in [0, 0.1) is 0 Å². The van der Waals surface area contributed by atoms with E-state index in [1.54, 1.807) is 18.7 Å². The average molecular weight is 384 g/mol. The van der Waals surface area contributed by atoms with E-state index < -0.39 is 6.04 Å². The molecule has 0 saturated carbocycles. The molecule has 0 aromatic heterocycles. The fourth-order valence-corrected chi connectivity index (χ4v) is 2.31. The Balaban J connectivity index is 0.00000361. The number of hydrogen-bond donors (Lipinski definition) is 2. The molecule has 7 heteroatoms. The molecule has 1 atom stereocenters. The molecule has 0 fully saturated rings. The maximum atomic E-state index is 11.2. The number of ether oxygens (including phenoxy) is 1. The van der Waals surface area contributed by atoms with Crippen LogP contribution in [0.4, 0.5) is 0 Å². The maximum absolute atomic E-state index is 11.2. The molecular formula is C13H20BrClN2O2S. The highest BCUT2D eigenvalue weighted by Crippen LogP contribution is 2.17. The zero-order valence-corrected chi connectivity index (χ0v) is 14.5. The van der Waals surface area contributed by atoms with Gasteiger partial charge in [-0.1, -0.05) is 22.0 Å². The van der Waals surface area contributed by atoms with Gasteiger partial charge in [0.2, 0.25) is 5.91 Å². The molecule has 3 N–H and O–H groups in total. The van der Waals surface area contributed by atoms with Crippen molar-refractivity contribution in [2.24, 2.45) is 5.73 Å². The average Bonchev–Trinajstić information content (AvgIpc) is 2.37. The van der Waals surface area contributed by atoms with Crippen LogP contribution in [0.25, 0.3) is 0 Å². The molecule has 0 aliphatic heterocycles. The van der Waals surface area contributed by atoms with Crippen LogP contribution < -0.4 is 15.8 Å². The third-order valence-corrected chi connectivity index (χ3v) is 3.69. The number of nitrogens with one attached hydrogen (secondary N) is 1. The topological polar surface area (TPSA) is 64.4 Å². The number of benzene rings is 1. The van der Waals surface area contributed by atoms with Crippen LogP contribution in [0.3, 0.4) is 0 Å². The Morgan fingerprint density at radius 2 is 2.25 bits per heavy atom.